The number of fused-ring (bicyclic) bond motifs is 1. The number of hydrogen-bond acceptors (Lipinski definition) is 7. The number of anilines is 2. The van der Waals surface area contributed by atoms with Gasteiger partial charge in [-0.15, -0.1) is 0 Å². The van der Waals surface area contributed by atoms with Crippen molar-refractivity contribution in [2.24, 2.45) is 0 Å². The van der Waals surface area contributed by atoms with Gasteiger partial charge in [0.05, 0.1) is 23.9 Å². The Morgan fingerprint density at radius 2 is 2.03 bits per heavy atom. The number of nitrogens with zero attached hydrogens (tertiary/aromatic N) is 4. The summed E-state index contributed by atoms with van der Waals surface area (Å²) >= 11 is 6.19. The average molecular weight is 478 g/mol. The zero-order valence-electron chi connectivity index (χ0n) is 19.4. The zero-order chi connectivity index (χ0) is 23.7. The SMILES string of the molecule is Cc1noc(C)c1-c1ccc2nc(N3CCCCC3CO)nc(NCc3cccc(Cl)c3)c2c1. The number of piperidine rings is 1. The number of nitrogens with one attached hydrogen (secondary N) is 1. The van der Waals surface area contributed by atoms with Gasteiger partial charge in [0.1, 0.15) is 11.6 Å². The van der Waals surface area contributed by atoms with Crippen LogP contribution in [0.4, 0.5) is 11.8 Å². The van der Waals surface area contributed by atoms with Crippen molar-refractivity contribution in [2.45, 2.75) is 45.7 Å². The predicted molar refractivity (Wildman–Crippen MR) is 135 cm³/mol. The maximum atomic E-state index is 9.94. The molecule has 1 aliphatic heterocycles. The zero-order valence-corrected chi connectivity index (χ0v) is 20.1. The third-order valence-electron chi connectivity index (χ3n) is 6.45. The van der Waals surface area contributed by atoms with Crippen LogP contribution in [0.2, 0.25) is 5.02 Å². The topological polar surface area (TPSA) is 87.3 Å². The molecule has 2 aromatic carbocycles. The molecule has 7 nitrogen and oxygen atoms in total. The van der Waals surface area contributed by atoms with Crippen molar-refractivity contribution in [3.05, 3.63) is 64.5 Å². The number of rotatable bonds is 6. The number of halogens is 1. The fourth-order valence-electron chi connectivity index (χ4n) is 4.72. The molecule has 1 saturated heterocycles. The molecule has 2 N–H and O–H groups in total. The second-order valence-electron chi connectivity index (χ2n) is 8.81. The summed E-state index contributed by atoms with van der Waals surface area (Å²) in [6.07, 6.45) is 3.11. The van der Waals surface area contributed by atoms with Crippen LogP contribution < -0.4 is 10.2 Å². The van der Waals surface area contributed by atoms with E-state index in [9.17, 15) is 5.11 Å². The molecule has 0 aliphatic carbocycles. The van der Waals surface area contributed by atoms with E-state index < -0.39 is 0 Å². The van der Waals surface area contributed by atoms with E-state index in [4.69, 9.17) is 26.1 Å². The lowest BCUT2D eigenvalue weighted by Crippen LogP contribution is -2.43. The fourth-order valence-corrected chi connectivity index (χ4v) is 4.93. The molecule has 4 aromatic rings. The van der Waals surface area contributed by atoms with Crippen molar-refractivity contribution in [3.8, 4) is 11.1 Å². The maximum Gasteiger partial charge on any atom is 0.228 e. The summed E-state index contributed by atoms with van der Waals surface area (Å²) in [6.45, 7) is 5.37. The standard InChI is InChI=1S/C26H28ClN5O2/c1-16-24(17(2)34-31-16)19-9-10-23-22(13-19)25(28-14-18-6-5-7-20(27)12-18)30-26(29-23)32-11-4-3-8-21(32)15-33/h5-7,9-10,12-13,21,33H,3-4,8,11,14-15H2,1-2H3,(H,28,29,30). The number of aromatic nitrogens is 3. The van der Waals surface area contributed by atoms with Crippen LogP contribution in [-0.4, -0.2) is 39.4 Å². The normalized spacial score (nSPS) is 16.2. The summed E-state index contributed by atoms with van der Waals surface area (Å²) in [7, 11) is 0. The lowest BCUT2D eigenvalue weighted by atomic mass is 10.0. The Morgan fingerprint density at radius 1 is 1.15 bits per heavy atom. The summed E-state index contributed by atoms with van der Waals surface area (Å²) in [5.41, 5.74) is 4.76. The molecule has 3 heterocycles. The fraction of sp³-hybridized carbons (Fsp3) is 0.346. The van der Waals surface area contributed by atoms with E-state index >= 15 is 0 Å². The lowest BCUT2D eigenvalue weighted by molar-refractivity contribution is 0.239. The Labute approximate surface area is 203 Å². The molecule has 0 amide bonds. The van der Waals surface area contributed by atoms with Crippen LogP contribution in [0.3, 0.4) is 0 Å². The Bertz CT molecular complexity index is 1300. The average Bonchev–Trinajstić information content (AvgIpc) is 3.19. The van der Waals surface area contributed by atoms with Gasteiger partial charge in [0.25, 0.3) is 0 Å². The first-order chi connectivity index (χ1) is 16.5. The smallest absolute Gasteiger partial charge is 0.228 e. The summed E-state index contributed by atoms with van der Waals surface area (Å²) in [5, 5.41) is 19.2. The largest absolute Gasteiger partial charge is 0.394 e. The second-order valence-corrected chi connectivity index (χ2v) is 9.25. The van der Waals surface area contributed by atoms with Gasteiger partial charge >= 0.3 is 0 Å². The third-order valence-corrected chi connectivity index (χ3v) is 6.68. The molecular weight excluding hydrogens is 450 g/mol. The summed E-state index contributed by atoms with van der Waals surface area (Å²) in [4.78, 5) is 12.0. The van der Waals surface area contributed by atoms with E-state index in [1.807, 2.05) is 50.2 Å². The highest BCUT2D eigenvalue weighted by molar-refractivity contribution is 6.30. The number of hydrogen-bond donors (Lipinski definition) is 2. The van der Waals surface area contributed by atoms with E-state index in [-0.39, 0.29) is 12.6 Å². The van der Waals surface area contributed by atoms with Crippen molar-refractivity contribution < 1.29 is 9.63 Å². The van der Waals surface area contributed by atoms with E-state index in [1.54, 1.807) is 0 Å². The monoisotopic (exact) mass is 477 g/mol. The van der Waals surface area contributed by atoms with Gasteiger partial charge in [0, 0.05) is 29.1 Å². The highest BCUT2D eigenvalue weighted by Gasteiger charge is 2.25. The Hall–Kier alpha value is -3.16. The van der Waals surface area contributed by atoms with Crippen molar-refractivity contribution >= 4 is 34.3 Å². The quantitative estimate of drug-likeness (QED) is 0.378. The van der Waals surface area contributed by atoms with E-state index in [0.29, 0.717) is 17.5 Å². The molecule has 1 unspecified atom stereocenters. The van der Waals surface area contributed by atoms with Gasteiger partial charge in [-0.2, -0.15) is 4.98 Å². The van der Waals surface area contributed by atoms with Crippen molar-refractivity contribution in [3.63, 3.8) is 0 Å². The first-order valence-corrected chi connectivity index (χ1v) is 12.0. The minimum absolute atomic E-state index is 0.0357. The predicted octanol–water partition coefficient (Wildman–Crippen LogP) is 5.52. The third kappa shape index (κ3) is 4.45. The molecule has 34 heavy (non-hydrogen) atoms. The highest BCUT2D eigenvalue weighted by atomic mass is 35.5. The first kappa shape index (κ1) is 22.6. The van der Waals surface area contributed by atoms with Gasteiger partial charge < -0.3 is 19.8 Å². The number of aliphatic hydroxyl groups is 1. The van der Waals surface area contributed by atoms with Crippen LogP contribution in [0.25, 0.3) is 22.0 Å². The molecule has 1 aliphatic rings. The van der Waals surface area contributed by atoms with Crippen molar-refractivity contribution in [1.29, 1.82) is 0 Å². The summed E-state index contributed by atoms with van der Waals surface area (Å²) in [5.74, 6) is 2.17. The number of aliphatic hydroxyl groups excluding tert-OH is 1. The molecule has 0 radical (unpaired) electrons. The highest BCUT2D eigenvalue weighted by Crippen LogP contribution is 2.33. The molecule has 5 rings (SSSR count). The Kier molecular flexibility index (Phi) is 6.39. The number of benzene rings is 2. The molecule has 8 heteroatoms. The number of aryl methyl sites for hydroxylation is 2. The van der Waals surface area contributed by atoms with Gasteiger partial charge in [-0.1, -0.05) is 35.0 Å². The van der Waals surface area contributed by atoms with E-state index in [1.165, 1.54) is 0 Å². The summed E-state index contributed by atoms with van der Waals surface area (Å²) < 4.78 is 5.39. The van der Waals surface area contributed by atoms with E-state index in [0.717, 1.165) is 70.7 Å². The van der Waals surface area contributed by atoms with Crippen LogP contribution in [0, 0.1) is 13.8 Å². The summed E-state index contributed by atoms with van der Waals surface area (Å²) in [6, 6.07) is 14.0. The molecule has 1 atom stereocenters. The molecule has 0 spiro atoms. The Balaban J connectivity index is 1.59. The van der Waals surface area contributed by atoms with Gasteiger partial charge in [0.15, 0.2) is 0 Å². The van der Waals surface area contributed by atoms with Crippen LogP contribution in [0.15, 0.2) is 47.0 Å². The van der Waals surface area contributed by atoms with Crippen LogP contribution in [0.5, 0.6) is 0 Å². The van der Waals surface area contributed by atoms with Crippen molar-refractivity contribution in [1.82, 2.24) is 15.1 Å². The minimum Gasteiger partial charge on any atom is -0.394 e. The van der Waals surface area contributed by atoms with Crippen LogP contribution in [0.1, 0.15) is 36.3 Å². The molecule has 1 fully saturated rings. The molecule has 2 aromatic heterocycles. The molecule has 0 saturated carbocycles. The minimum atomic E-state index is 0.0357. The molecular formula is C26H28ClN5O2. The molecule has 0 bridgehead atoms. The van der Waals surface area contributed by atoms with Gasteiger partial charge in [-0.05, 0) is 68.5 Å². The van der Waals surface area contributed by atoms with Crippen molar-refractivity contribution in [2.75, 3.05) is 23.4 Å². The van der Waals surface area contributed by atoms with E-state index in [2.05, 4.69) is 21.4 Å². The lowest BCUT2D eigenvalue weighted by Gasteiger charge is -2.34. The molecule has 176 valence electrons. The maximum absolute atomic E-state index is 9.94. The van der Waals surface area contributed by atoms with Crippen LogP contribution >= 0.6 is 11.6 Å². The van der Waals surface area contributed by atoms with Gasteiger partial charge in [-0.25, -0.2) is 4.98 Å². The second kappa shape index (κ2) is 9.60. The Morgan fingerprint density at radius 3 is 2.79 bits per heavy atom. The van der Waals surface area contributed by atoms with Gasteiger partial charge in [0.2, 0.25) is 5.95 Å². The van der Waals surface area contributed by atoms with Gasteiger partial charge in [-0.3, -0.25) is 0 Å². The first-order valence-electron chi connectivity index (χ1n) is 11.6. The van der Waals surface area contributed by atoms with Crippen LogP contribution in [-0.2, 0) is 6.54 Å².